The summed E-state index contributed by atoms with van der Waals surface area (Å²) in [5.41, 5.74) is 1.87. The monoisotopic (exact) mass is 655 g/mol. The number of rotatable bonds is 10. The van der Waals surface area contributed by atoms with Gasteiger partial charge in [0.2, 0.25) is 0 Å². The van der Waals surface area contributed by atoms with Crippen LogP contribution in [0.5, 0.6) is 0 Å². The van der Waals surface area contributed by atoms with Crippen LogP contribution in [-0.4, -0.2) is 29.3 Å². The zero-order valence-electron chi connectivity index (χ0n) is 25.2. The smallest absolute Gasteiger partial charge is 0.441 e. The van der Waals surface area contributed by atoms with Crippen molar-refractivity contribution in [2.75, 3.05) is 11.5 Å². The Balaban J connectivity index is 1.65. The molecule has 1 heterocycles. The van der Waals surface area contributed by atoms with Gasteiger partial charge < -0.3 is 4.74 Å². The number of oxime groups is 1. The van der Waals surface area contributed by atoms with Crippen LogP contribution in [0.15, 0.2) is 108 Å². The van der Waals surface area contributed by atoms with Crippen molar-refractivity contribution in [3.63, 3.8) is 0 Å². The summed E-state index contributed by atoms with van der Waals surface area (Å²) in [4.78, 5) is 44.9. The van der Waals surface area contributed by atoms with E-state index in [4.69, 9.17) is 9.57 Å². The number of ether oxygens (including phenoxy) is 1. The molecule has 4 aromatic carbocycles. The Hall–Kier alpha value is -5.75. The second kappa shape index (κ2) is 14.6. The van der Waals surface area contributed by atoms with Crippen LogP contribution < -0.4 is 4.90 Å². The third kappa shape index (κ3) is 7.23. The highest BCUT2D eigenvalue weighted by Gasteiger charge is 2.32. The van der Waals surface area contributed by atoms with Crippen molar-refractivity contribution in [2.45, 2.75) is 20.4 Å². The van der Waals surface area contributed by atoms with Crippen LogP contribution in [0.25, 0.3) is 10.4 Å². The van der Waals surface area contributed by atoms with E-state index in [1.807, 2.05) is 12.1 Å². The molecule has 5 aromatic rings. The van der Waals surface area contributed by atoms with Crippen LogP contribution in [-0.2, 0) is 16.1 Å². The SMILES string of the molecule is CCOC(=O)c1c(N(Cc2c(F)cccc2F)C(=O)ON=C(c2ccccc2)c2ccccc2)sc(-c2ccc([N+](=O)[O-])cc2)c1C. The van der Waals surface area contributed by atoms with Crippen molar-refractivity contribution >= 4 is 39.8 Å². The van der Waals surface area contributed by atoms with Gasteiger partial charge in [0.25, 0.3) is 5.69 Å². The Kier molecular flexibility index (Phi) is 10.1. The normalized spacial score (nSPS) is 10.6. The Morgan fingerprint density at radius 3 is 1.98 bits per heavy atom. The van der Waals surface area contributed by atoms with Gasteiger partial charge in [-0.25, -0.2) is 18.4 Å². The number of non-ortho nitro benzene ring substituents is 1. The van der Waals surface area contributed by atoms with E-state index in [0.29, 0.717) is 32.8 Å². The molecular weight excluding hydrogens is 628 g/mol. The number of nitro benzene ring substituents is 1. The number of amides is 1. The lowest BCUT2D eigenvalue weighted by Gasteiger charge is -2.21. The fourth-order valence-electron chi connectivity index (χ4n) is 4.80. The lowest BCUT2D eigenvalue weighted by atomic mass is 10.0. The molecule has 12 heteroatoms. The Labute approximate surface area is 272 Å². The van der Waals surface area contributed by atoms with Gasteiger partial charge in [0, 0.05) is 33.7 Å². The predicted octanol–water partition coefficient (Wildman–Crippen LogP) is 8.68. The van der Waals surface area contributed by atoms with E-state index in [9.17, 15) is 28.5 Å². The van der Waals surface area contributed by atoms with Gasteiger partial charge >= 0.3 is 12.1 Å². The standard InChI is InChI=1S/C35H27F2N3O6S/c1-3-45-34(41)30-22(2)32(25-17-19-26(20-18-25)40(43)44)47-33(30)39(21-27-28(36)15-10-16-29(27)37)35(42)46-38-31(23-11-6-4-7-12-23)24-13-8-5-9-14-24/h4-20H,3,21H2,1-2H3. The molecule has 238 valence electrons. The van der Waals surface area contributed by atoms with E-state index in [0.717, 1.165) is 28.4 Å². The van der Waals surface area contributed by atoms with E-state index in [1.165, 1.54) is 30.3 Å². The topological polar surface area (TPSA) is 111 Å². The lowest BCUT2D eigenvalue weighted by Crippen LogP contribution is -2.32. The molecular formula is C35H27F2N3O6S. The Morgan fingerprint density at radius 2 is 1.45 bits per heavy atom. The average Bonchev–Trinajstić information content (AvgIpc) is 3.42. The van der Waals surface area contributed by atoms with Gasteiger partial charge in [0.05, 0.1) is 23.6 Å². The molecule has 9 nitrogen and oxygen atoms in total. The first kappa shape index (κ1) is 32.6. The molecule has 1 aromatic heterocycles. The molecule has 0 saturated heterocycles. The number of esters is 1. The highest BCUT2D eigenvalue weighted by molar-refractivity contribution is 7.20. The van der Waals surface area contributed by atoms with E-state index < -0.39 is 40.7 Å². The van der Waals surface area contributed by atoms with Gasteiger partial charge in [-0.15, -0.1) is 11.3 Å². The van der Waals surface area contributed by atoms with Crippen LogP contribution in [0.3, 0.4) is 0 Å². The molecule has 47 heavy (non-hydrogen) atoms. The highest BCUT2D eigenvalue weighted by atomic mass is 32.1. The second-order valence-electron chi connectivity index (χ2n) is 10.1. The molecule has 0 aliphatic rings. The maximum absolute atomic E-state index is 15.0. The fourth-order valence-corrected chi connectivity index (χ4v) is 6.09. The first-order chi connectivity index (χ1) is 22.7. The largest absolute Gasteiger partial charge is 0.462 e. The highest BCUT2D eigenvalue weighted by Crippen LogP contribution is 2.43. The Morgan fingerprint density at radius 1 is 0.872 bits per heavy atom. The maximum Gasteiger partial charge on any atom is 0.441 e. The number of benzene rings is 4. The van der Waals surface area contributed by atoms with Crippen molar-refractivity contribution in [1.29, 1.82) is 0 Å². The van der Waals surface area contributed by atoms with Crippen molar-refractivity contribution in [3.8, 4) is 10.4 Å². The summed E-state index contributed by atoms with van der Waals surface area (Å²) in [7, 11) is 0. The summed E-state index contributed by atoms with van der Waals surface area (Å²) in [5, 5.41) is 15.4. The summed E-state index contributed by atoms with van der Waals surface area (Å²) in [6, 6.07) is 26.9. The summed E-state index contributed by atoms with van der Waals surface area (Å²) >= 11 is 0.963. The molecule has 0 radical (unpaired) electrons. The van der Waals surface area contributed by atoms with Gasteiger partial charge in [0.15, 0.2) is 0 Å². The third-order valence-electron chi connectivity index (χ3n) is 7.10. The minimum atomic E-state index is -1.13. The molecule has 0 fully saturated rings. The number of nitrogens with zero attached hydrogens (tertiary/aromatic N) is 3. The number of halogens is 2. The molecule has 0 N–H and O–H groups in total. The predicted molar refractivity (Wildman–Crippen MR) is 175 cm³/mol. The Bertz CT molecular complexity index is 1890. The first-order valence-corrected chi connectivity index (χ1v) is 15.2. The molecule has 0 aliphatic heterocycles. The van der Waals surface area contributed by atoms with Crippen LogP contribution >= 0.6 is 11.3 Å². The molecule has 5 rings (SSSR count). The maximum atomic E-state index is 15.0. The number of thiophene rings is 1. The van der Waals surface area contributed by atoms with E-state index in [1.54, 1.807) is 62.4 Å². The van der Waals surface area contributed by atoms with Crippen molar-refractivity contribution in [2.24, 2.45) is 5.16 Å². The van der Waals surface area contributed by atoms with Gasteiger partial charge in [-0.2, -0.15) is 0 Å². The van der Waals surface area contributed by atoms with E-state index in [-0.39, 0.29) is 22.9 Å². The molecule has 0 spiro atoms. The molecule has 0 atom stereocenters. The van der Waals surface area contributed by atoms with Crippen molar-refractivity contribution in [3.05, 3.63) is 153 Å². The van der Waals surface area contributed by atoms with Crippen molar-refractivity contribution < 1.29 is 32.9 Å². The summed E-state index contributed by atoms with van der Waals surface area (Å²) < 4.78 is 35.3. The summed E-state index contributed by atoms with van der Waals surface area (Å²) in [6.07, 6.45) is -1.13. The van der Waals surface area contributed by atoms with E-state index >= 15 is 0 Å². The number of carbonyl (C=O) groups is 2. The molecule has 0 saturated carbocycles. The third-order valence-corrected chi connectivity index (χ3v) is 8.46. The summed E-state index contributed by atoms with van der Waals surface area (Å²) in [5.74, 6) is -2.61. The number of anilines is 1. The molecule has 1 amide bonds. The lowest BCUT2D eigenvalue weighted by molar-refractivity contribution is -0.384. The average molecular weight is 656 g/mol. The fraction of sp³-hybridized carbons (Fsp3) is 0.114. The van der Waals surface area contributed by atoms with Crippen LogP contribution in [0.4, 0.5) is 24.3 Å². The molecule has 0 bridgehead atoms. The zero-order chi connectivity index (χ0) is 33.5. The molecule has 0 aliphatic carbocycles. The first-order valence-electron chi connectivity index (χ1n) is 14.3. The minimum absolute atomic E-state index is 0.00855. The van der Waals surface area contributed by atoms with Crippen molar-refractivity contribution in [1.82, 2.24) is 0 Å². The summed E-state index contributed by atoms with van der Waals surface area (Å²) in [6.45, 7) is 2.58. The van der Waals surface area contributed by atoms with Gasteiger partial charge in [-0.1, -0.05) is 71.9 Å². The van der Waals surface area contributed by atoms with Gasteiger partial charge in [-0.05, 0) is 49.2 Å². The van der Waals surface area contributed by atoms with Gasteiger partial charge in [0.1, 0.15) is 22.3 Å². The quantitative estimate of drug-likeness (QED) is 0.0489. The minimum Gasteiger partial charge on any atom is -0.462 e. The second-order valence-corrected chi connectivity index (χ2v) is 11.1. The number of hydrogen-bond acceptors (Lipinski definition) is 8. The zero-order valence-corrected chi connectivity index (χ0v) is 26.0. The van der Waals surface area contributed by atoms with Crippen LogP contribution in [0.2, 0.25) is 0 Å². The molecule has 0 unspecified atom stereocenters. The number of carbonyl (C=O) groups excluding carboxylic acids is 2. The van der Waals surface area contributed by atoms with Gasteiger partial charge in [-0.3, -0.25) is 19.9 Å². The van der Waals surface area contributed by atoms with E-state index in [2.05, 4.69) is 5.16 Å². The number of nitro groups is 1. The number of hydrogen-bond donors (Lipinski definition) is 0. The van der Waals surface area contributed by atoms with Crippen LogP contribution in [0, 0.1) is 28.7 Å². The van der Waals surface area contributed by atoms with Crippen LogP contribution in [0.1, 0.15) is 39.5 Å².